The number of carbonyl (C=O) groups excluding carboxylic acids is 1. The van der Waals surface area contributed by atoms with Crippen molar-refractivity contribution in [2.24, 2.45) is 0 Å². The second-order valence-electron chi connectivity index (χ2n) is 3.26. The first-order valence-corrected chi connectivity index (χ1v) is 4.85. The van der Waals surface area contributed by atoms with Crippen LogP contribution >= 0.6 is 0 Å². The van der Waals surface area contributed by atoms with E-state index in [0.29, 0.717) is 5.56 Å². The Morgan fingerprint density at radius 2 is 1.88 bits per heavy atom. The fourth-order valence-electron chi connectivity index (χ4n) is 1.16. The Hall–Kier alpha value is -1.88. The molecule has 1 aromatic carbocycles. The molecule has 0 aromatic heterocycles. The highest BCUT2D eigenvalue weighted by atomic mass is 16.4. The first-order valence-electron chi connectivity index (χ1n) is 4.85. The Balaban J connectivity index is 2.69. The summed E-state index contributed by atoms with van der Waals surface area (Å²) in [7, 11) is 0. The van der Waals surface area contributed by atoms with E-state index in [9.17, 15) is 9.59 Å². The lowest BCUT2D eigenvalue weighted by molar-refractivity contribution is -0.147. The summed E-state index contributed by atoms with van der Waals surface area (Å²) in [5.41, 5.74) is 1.40. The third-order valence-electron chi connectivity index (χ3n) is 2.13. The van der Waals surface area contributed by atoms with Crippen molar-refractivity contribution in [2.45, 2.75) is 19.6 Å². The van der Waals surface area contributed by atoms with Gasteiger partial charge in [0.1, 0.15) is 0 Å². The van der Waals surface area contributed by atoms with Crippen molar-refractivity contribution >= 4 is 11.9 Å². The van der Waals surface area contributed by atoms with Crippen LogP contribution in [0.25, 0.3) is 0 Å². The van der Waals surface area contributed by atoms with Gasteiger partial charge in [0.15, 0.2) is 0 Å². The largest absolute Gasteiger partial charge is 0.478 e. The molecule has 0 aliphatic heterocycles. The Morgan fingerprint density at radius 3 is 2.31 bits per heavy atom. The number of carbonyl (C=O) groups is 2. The molecular weight excluding hydrogens is 210 g/mol. The number of aryl methyl sites for hydroxylation is 1. The topological polar surface area (TPSA) is 86.6 Å². The van der Waals surface area contributed by atoms with Gasteiger partial charge >= 0.3 is 5.97 Å². The fraction of sp³-hybridized carbons (Fsp3) is 0.273. The van der Waals surface area contributed by atoms with Crippen LogP contribution < -0.4 is 5.32 Å². The zero-order valence-corrected chi connectivity index (χ0v) is 8.80. The number of nitrogens with one attached hydrogen (secondary N) is 1. The van der Waals surface area contributed by atoms with Crippen LogP contribution in [0.2, 0.25) is 0 Å². The number of carboxylic acids is 1. The first-order chi connectivity index (χ1) is 7.54. The number of aliphatic carboxylic acids is 1. The number of hydrogen-bond acceptors (Lipinski definition) is 3. The number of benzene rings is 1. The zero-order chi connectivity index (χ0) is 12.1. The van der Waals surface area contributed by atoms with Gasteiger partial charge in [-0.3, -0.25) is 4.79 Å². The molecule has 1 rings (SSSR count). The standard InChI is InChI=1S/C11H13NO4/c1-2-7-3-5-8(6-4-7)9(13)12-10(14)11(15)16/h3-6,10,14H,2H2,1H3,(H,12,13)(H,15,16). The van der Waals surface area contributed by atoms with Gasteiger partial charge in [0.05, 0.1) is 0 Å². The Kier molecular flexibility index (Phi) is 4.02. The number of carboxylic acid groups (broad SMARTS) is 1. The third-order valence-corrected chi connectivity index (χ3v) is 2.13. The van der Waals surface area contributed by atoms with Crippen LogP contribution in [0.1, 0.15) is 22.8 Å². The molecule has 1 aromatic rings. The fourth-order valence-corrected chi connectivity index (χ4v) is 1.16. The molecular formula is C11H13NO4. The number of amides is 1. The zero-order valence-electron chi connectivity index (χ0n) is 8.80. The van der Waals surface area contributed by atoms with Gasteiger partial charge in [-0.25, -0.2) is 4.79 Å². The summed E-state index contributed by atoms with van der Waals surface area (Å²) >= 11 is 0. The van der Waals surface area contributed by atoms with Gasteiger partial charge in [-0.15, -0.1) is 0 Å². The summed E-state index contributed by atoms with van der Waals surface area (Å²) in [6.07, 6.45) is -1.02. The van der Waals surface area contributed by atoms with Gasteiger partial charge in [-0.1, -0.05) is 19.1 Å². The number of rotatable bonds is 4. The summed E-state index contributed by atoms with van der Waals surface area (Å²) in [5, 5.41) is 19.3. The third kappa shape index (κ3) is 3.06. The molecule has 86 valence electrons. The van der Waals surface area contributed by atoms with Crippen molar-refractivity contribution in [1.82, 2.24) is 5.32 Å². The predicted octanol–water partition coefficient (Wildman–Crippen LogP) is 0.382. The second kappa shape index (κ2) is 5.27. The second-order valence-corrected chi connectivity index (χ2v) is 3.26. The lowest BCUT2D eigenvalue weighted by atomic mass is 10.1. The molecule has 16 heavy (non-hydrogen) atoms. The van der Waals surface area contributed by atoms with Crippen LogP contribution in [0.5, 0.6) is 0 Å². The van der Waals surface area contributed by atoms with E-state index in [1.807, 2.05) is 12.2 Å². The maximum Gasteiger partial charge on any atom is 0.353 e. The number of aliphatic hydroxyl groups is 1. The number of hydrogen-bond donors (Lipinski definition) is 3. The Morgan fingerprint density at radius 1 is 1.31 bits per heavy atom. The van der Waals surface area contributed by atoms with Crippen LogP contribution in [-0.2, 0) is 11.2 Å². The van der Waals surface area contributed by atoms with Gasteiger partial charge in [-0.2, -0.15) is 0 Å². The van der Waals surface area contributed by atoms with Gasteiger partial charge in [0, 0.05) is 5.56 Å². The maximum absolute atomic E-state index is 11.4. The quantitative estimate of drug-likeness (QED) is 0.644. The van der Waals surface area contributed by atoms with E-state index >= 15 is 0 Å². The van der Waals surface area contributed by atoms with Crippen LogP contribution in [-0.4, -0.2) is 28.3 Å². The monoisotopic (exact) mass is 223 g/mol. The minimum atomic E-state index is -1.88. The average Bonchev–Trinajstić information content (AvgIpc) is 2.28. The smallest absolute Gasteiger partial charge is 0.353 e. The number of aliphatic hydroxyl groups excluding tert-OH is 1. The molecule has 0 spiro atoms. The van der Waals surface area contributed by atoms with Crippen molar-refractivity contribution < 1.29 is 19.8 Å². The first kappa shape index (κ1) is 12.2. The van der Waals surface area contributed by atoms with Crippen molar-refractivity contribution in [3.05, 3.63) is 35.4 Å². The van der Waals surface area contributed by atoms with Crippen LogP contribution in [0.3, 0.4) is 0 Å². The van der Waals surface area contributed by atoms with E-state index in [0.717, 1.165) is 12.0 Å². The van der Waals surface area contributed by atoms with E-state index < -0.39 is 18.1 Å². The van der Waals surface area contributed by atoms with E-state index in [2.05, 4.69) is 0 Å². The molecule has 5 nitrogen and oxygen atoms in total. The molecule has 1 unspecified atom stereocenters. The normalized spacial score (nSPS) is 11.9. The molecule has 0 bridgehead atoms. The minimum absolute atomic E-state index is 0.317. The van der Waals surface area contributed by atoms with Crippen molar-refractivity contribution in [3.63, 3.8) is 0 Å². The summed E-state index contributed by atoms with van der Waals surface area (Å²) < 4.78 is 0. The highest BCUT2D eigenvalue weighted by molar-refractivity contribution is 5.96. The molecule has 0 radical (unpaired) electrons. The minimum Gasteiger partial charge on any atom is -0.478 e. The van der Waals surface area contributed by atoms with Crippen LogP contribution in [0, 0.1) is 0 Å². The van der Waals surface area contributed by atoms with E-state index in [1.165, 1.54) is 0 Å². The van der Waals surface area contributed by atoms with Crippen LogP contribution in [0.15, 0.2) is 24.3 Å². The SMILES string of the molecule is CCc1ccc(C(=O)NC(O)C(=O)O)cc1. The summed E-state index contributed by atoms with van der Waals surface area (Å²) in [5.74, 6) is -2.10. The molecule has 0 saturated heterocycles. The highest BCUT2D eigenvalue weighted by Crippen LogP contribution is 2.05. The highest BCUT2D eigenvalue weighted by Gasteiger charge is 2.16. The summed E-state index contributed by atoms with van der Waals surface area (Å²) in [4.78, 5) is 21.7. The lowest BCUT2D eigenvalue weighted by Gasteiger charge is -2.08. The van der Waals surface area contributed by atoms with Crippen molar-refractivity contribution in [2.75, 3.05) is 0 Å². The van der Waals surface area contributed by atoms with Crippen molar-refractivity contribution in [3.8, 4) is 0 Å². The van der Waals surface area contributed by atoms with Gasteiger partial charge < -0.3 is 15.5 Å². The molecule has 0 saturated carbocycles. The molecule has 1 atom stereocenters. The van der Waals surface area contributed by atoms with Gasteiger partial charge in [-0.05, 0) is 24.1 Å². The summed E-state index contributed by atoms with van der Waals surface area (Å²) in [6, 6.07) is 6.73. The lowest BCUT2D eigenvalue weighted by Crippen LogP contribution is -2.40. The molecule has 3 N–H and O–H groups in total. The maximum atomic E-state index is 11.4. The van der Waals surface area contributed by atoms with E-state index in [1.54, 1.807) is 24.3 Å². The van der Waals surface area contributed by atoms with Gasteiger partial charge in [0.2, 0.25) is 6.23 Å². The predicted molar refractivity (Wildman–Crippen MR) is 56.9 cm³/mol. The average molecular weight is 223 g/mol. The molecule has 1 amide bonds. The molecule has 0 heterocycles. The van der Waals surface area contributed by atoms with Gasteiger partial charge in [0.25, 0.3) is 5.91 Å². The van der Waals surface area contributed by atoms with E-state index in [4.69, 9.17) is 10.2 Å². The molecule has 0 aliphatic rings. The molecule has 0 fully saturated rings. The Labute approximate surface area is 92.7 Å². The molecule has 0 aliphatic carbocycles. The van der Waals surface area contributed by atoms with Crippen LogP contribution in [0.4, 0.5) is 0 Å². The van der Waals surface area contributed by atoms with Crippen molar-refractivity contribution in [1.29, 1.82) is 0 Å². The summed E-state index contributed by atoms with van der Waals surface area (Å²) in [6.45, 7) is 1.99. The van der Waals surface area contributed by atoms with E-state index in [-0.39, 0.29) is 0 Å². The Bertz CT molecular complexity index is 385. The molecule has 5 heteroatoms.